The van der Waals surface area contributed by atoms with E-state index in [4.69, 9.17) is 4.99 Å². The SMILES string of the molecule is Cc1ncsc1-c1ccc([C@H](C)NC(=O)[C@@H]2C[C@@H](O)CN2C(=O)[C@@H](NC(=O)c2ccc(-c3ccc(C4=N[C@@H](CC(=O)O)c5nnc(C)n5-c5sc(C)c(C)c54)cc3)cc2C#N)C(C)(C)C)cc1. The summed E-state index contributed by atoms with van der Waals surface area (Å²) in [6, 6.07) is 19.2. The number of amides is 3. The average Bonchev–Trinajstić information content (AvgIpc) is 4.06. The first-order valence-electron chi connectivity index (χ1n) is 21.9. The molecule has 1 saturated heterocycles. The molecule has 4 N–H and O–H groups in total. The lowest BCUT2D eigenvalue weighted by atomic mass is 9.85. The standard InChI is InChI=1S/C50H51N9O6S2/c1-25-28(4)67-49-41(25)42(54-38(21-40(61)62)45-57-56-29(5)59(45)49)32-13-11-31(12-14-32)34-17-18-37(35(19-34)22-51)46(63)55-44(50(6,7)8)48(65)58-23-36(60)20-39(58)47(64)53-26(2)30-9-15-33(16-10-30)43-27(3)52-24-66-43/h9-19,24,26,36,38-39,44,60H,20-21,23H2,1-8H3,(H,53,64)(H,55,63)(H,61,62)/t26-,36+,38-,39-,44+/m0/s1. The number of nitrogens with one attached hydrogen (secondary N) is 2. The lowest BCUT2D eigenvalue weighted by Crippen LogP contribution is -2.57. The minimum absolute atomic E-state index is 0.0385. The molecule has 0 saturated carbocycles. The number of aromatic nitrogens is 4. The molecular weight excluding hydrogens is 887 g/mol. The third-order valence-electron chi connectivity index (χ3n) is 12.5. The van der Waals surface area contributed by atoms with Gasteiger partial charge >= 0.3 is 5.97 Å². The van der Waals surface area contributed by atoms with Crippen LogP contribution in [0, 0.1) is 44.4 Å². The fourth-order valence-electron chi connectivity index (χ4n) is 8.75. The number of thiazole rings is 1. The summed E-state index contributed by atoms with van der Waals surface area (Å²) in [7, 11) is 0. The van der Waals surface area contributed by atoms with Crippen LogP contribution in [-0.2, 0) is 14.4 Å². The molecule has 3 amide bonds. The summed E-state index contributed by atoms with van der Waals surface area (Å²) >= 11 is 3.14. The van der Waals surface area contributed by atoms with Gasteiger partial charge in [-0.05, 0) is 80.0 Å². The molecule has 2 aliphatic rings. The predicted octanol–water partition coefficient (Wildman–Crippen LogP) is 7.58. The van der Waals surface area contributed by atoms with Crippen LogP contribution in [0.5, 0.6) is 0 Å². The number of hydrogen-bond acceptors (Lipinski definition) is 12. The second-order valence-electron chi connectivity index (χ2n) is 18.2. The van der Waals surface area contributed by atoms with Gasteiger partial charge in [0, 0.05) is 29.0 Å². The molecule has 3 aromatic carbocycles. The number of nitriles is 1. The van der Waals surface area contributed by atoms with E-state index in [1.807, 2.05) is 87.7 Å². The van der Waals surface area contributed by atoms with Gasteiger partial charge in [0.2, 0.25) is 11.8 Å². The molecule has 5 heterocycles. The zero-order chi connectivity index (χ0) is 48.1. The molecule has 17 heteroatoms. The van der Waals surface area contributed by atoms with Crippen LogP contribution < -0.4 is 10.6 Å². The second kappa shape index (κ2) is 18.4. The molecule has 5 atom stereocenters. The molecule has 0 radical (unpaired) electrons. The number of carboxylic acids is 1. The van der Waals surface area contributed by atoms with Gasteiger partial charge in [-0.25, -0.2) is 4.98 Å². The maximum absolute atomic E-state index is 14.4. The van der Waals surface area contributed by atoms with Crippen molar-refractivity contribution in [1.29, 1.82) is 5.26 Å². The molecule has 8 rings (SSSR count). The predicted molar refractivity (Wildman–Crippen MR) is 256 cm³/mol. The quantitative estimate of drug-likeness (QED) is 0.0999. The van der Waals surface area contributed by atoms with Crippen molar-refractivity contribution in [2.75, 3.05) is 6.54 Å². The van der Waals surface area contributed by atoms with Crippen LogP contribution in [0.1, 0.15) is 113 Å². The van der Waals surface area contributed by atoms with Gasteiger partial charge in [0.1, 0.15) is 29.0 Å². The number of aryl methyl sites for hydroxylation is 3. The van der Waals surface area contributed by atoms with Crippen molar-refractivity contribution in [3.8, 4) is 32.6 Å². The van der Waals surface area contributed by atoms with E-state index in [1.165, 1.54) is 4.90 Å². The summed E-state index contributed by atoms with van der Waals surface area (Å²) in [6.07, 6.45) is -1.17. The summed E-state index contributed by atoms with van der Waals surface area (Å²) in [4.78, 5) is 67.2. The van der Waals surface area contributed by atoms with Gasteiger partial charge in [-0.1, -0.05) is 75.4 Å². The topological polar surface area (TPSA) is 216 Å². The van der Waals surface area contributed by atoms with E-state index in [2.05, 4.69) is 31.9 Å². The largest absolute Gasteiger partial charge is 0.481 e. The van der Waals surface area contributed by atoms with Crippen molar-refractivity contribution in [2.45, 2.75) is 98.5 Å². The van der Waals surface area contributed by atoms with Gasteiger partial charge in [-0.2, -0.15) is 5.26 Å². The Morgan fingerprint density at radius 2 is 1.60 bits per heavy atom. The maximum Gasteiger partial charge on any atom is 0.306 e. The Balaban J connectivity index is 0.997. The van der Waals surface area contributed by atoms with E-state index in [1.54, 1.807) is 67.2 Å². The number of hydrogen-bond donors (Lipinski definition) is 4. The number of β-amino-alcohol motifs (C(OH)–C–C–N with tert-alkyl or cyclic N) is 1. The number of carboxylic acid groups (broad SMARTS) is 1. The number of aliphatic carboxylic acids is 1. The third kappa shape index (κ3) is 9.16. The van der Waals surface area contributed by atoms with E-state index in [9.17, 15) is 34.7 Å². The van der Waals surface area contributed by atoms with Crippen molar-refractivity contribution in [3.63, 3.8) is 0 Å². The Bertz CT molecular complexity index is 2990. The highest BCUT2D eigenvalue weighted by molar-refractivity contribution is 7.15. The monoisotopic (exact) mass is 937 g/mol. The van der Waals surface area contributed by atoms with Crippen LogP contribution in [0.4, 0.5) is 0 Å². The highest BCUT2D eigenvalue weighted by atomic mass is 32.1. The summed E-state index contributed by atoms with van der Waals surface area (Å²) in [5.74, 6) is -1.48. The van der Waals surface area contributed by atoms with Crippen molar-refractivity contribution in [1.82, 2.24) is 35.3 Å². The molecular formula is C50H51N9O6S2. The van der Waals surface area contributed by atoms with E-state index in [-0.39, 0.29) is 30.5 Å². The van der Waals surface area contributed by atoms with Crippen LogP contribution in [-0.4, -0.2) is 89.0 Å². The number of carbonyl (C=O) groups is 4. The van der Waals surface area contributed by atoms with Crippen molar-refractivity contribution in [2.24, 2.45) is 10.4 Å². The smallest absolute Gasteiger partial charge is 0.306 e. The highest BCUT2D eigenvalue weighted by Crippen LogP contribution is 2.40. The molecule has 15 nitrogen and oxygen atoms in total. The van der Waals surface area contributed by atoms with Crippen molar-refractivity contribution < 1.29 is 29.4 Å². The van der Waals surface area contributed by atoms with Crippen molar-refractivity contribution >= 4 is 52.1 Å². The Morgan fingerprint density at radius 3 is 2.24 bits per heavy atom. The van der Waals surface area contributed by atoms with Gasteiger partial charge < -0.3 is 25.7 Å². The number of likely N-dealkylation sites (tertiary alicyclic amines) is 1. The maximum atomic E-state index is 14.4. The van der Waals surface area contributed by atoms with Crippen LogP contribution in [0.2, 0.25) is 0 Å². The third-order valence-corrected chi connectivity index (χ3v) is 14.7. The van der Waals surface area contributed by atoms with Gasteiger partial charge in [-0.15, -0.1) is 32.9 Å². The zero-order valence-corrected chi connectivity index (χ0v) is 40.0. The molecule has 67 heavy (non-hydrogen) atoms. The number of benzene rings is 3. The molecule has 2 aliphatic heterocycles. The van der Waals surface area contributed by atoms with E-state index < -0.39 is 59.4 Å². The Kier molecular flexibility index (Phi) is 12.8. The summed E-state index contributed by atoms with van der Waals surface area (Å²) in [5, 5.41) is 46.3. The average molecular weight is 938 g/mol. The van der Waals surface area contributed by atoms with Gasteiger partial charge in [-0.3, -0.25) is 28.7 Å². The first-order valence-corrected chi connectivity index (χ1v) is 23.6. The molecule has 3 aromatic heterocycles. The molecule has 0 bridgehead atoms. The fourth-order valence-corrected chi connectivity index (χ4v) is 10.8. The number of aliphatic imine (C=N–C) groups is 1. The lowest BCUT2D eigenvalue weighted by Gasteiger charge is -2.35. The number of rotatable bonds is 11. The lowest BCUT2D eigenvalue weighted by molar-refractivity contribution is -0.142. The van der Waals surface area contributed by atoms with Crippen LogP contribution in [0.25, 0.3) is 26.6 Å². The normalized spacial score (nSPS) is 17.6. The number of carbonyl (C=O) groups excluding carboxylic acids is 3. The Hall–Kier alpha value is -6.87. The Labute approximate surface area is 396 Å². The molecule has 0 spiro atoms. The first-order chi connectivity index (χ1) is 31.8. The number of aliphatic hydroxyl groups excluding tert-OH is 1. The van der Waals surface area contributed by atoms with Crippen molar-refractivity contribution in [3.05, 3.63) is 128 Å². The summed E-state index contributed by atoms with van der Waals surface area (Å²) < 4.78 is 1.90. The molecule has 0 unspecified atom stereocenters. The molecule has 0 aliphatic carbocycles. The zero-order valence-electron chi connectivity index (χ0n) is 38.4. The molecule has 1 fully saturated rings. The van der Waals surface area contributed by atoms with Crippen LogP contribution in [0.15, 0.2) is 77.2 Å². The first kappa shape index (κ1) is 46.7. The van der Waals surface area contributed by atoms with E-state index in [0.29, 0.717) is 22.9 Å². The van der Waals surface area contributed by atoms with Gasteiger partial charge in [0.25, 0.3) is 5.91 Å². The number of fused-ring (bicyclic) bond motifs is 3. The number of aliphatic hydroxyl groups is 1. The molecule has 344 valence electrons. The highest BCUT2D eigenvalue weighted by Gasteiger charge is 2.45. The minimum atomic E-state index is -1.11. The minimum Gasteiger partial charge on any atom is -0.481 e. The van der Waals surface area contributed by atoms with Gasteiger partial charge in [0.05, 0.1) is 57.6 Å². The Morgan fingerprint density at radius 1 is 0.925 bits per heavy atom. The van der Waals surface area contributed by atoms with E-state index in [0.717, 1.165) is 53.8 Å². The van der Waals surface area contributed by atoms with Crippen LogP contribution >= 0.6 is 22.7 Å². The fraction of sp³-hybridized carbons (Fsp3) is 0.340. The van der Waals surface area contributed by atoms with Crippen LogP contribution in [0.3, 0.4) is 0 Å². The van der Waals surface area contributed by atoms with E-state index >= 15 is 0 Å². The number of nitrogens with zero attached hydrogens (tertiary/aromatic N) is 7. The van der Waals surface area contributed by atoms with Gasteiger partial charge in [0.15, 0.2) is 5.82 Å². The second-order valence-corrected chi connectivity index (χ2v) is 20.3. The number of thiophene rings is 1. The summed E-state index contributed by atoms with van der Waals surface area (Å²) in [5.41, 5.74) is 8.72. The molecule has 6 aromatic rings. The summed E-state index contributed by atoms with van der Waals surface area (Å²) in [6.45, 7) is 15.0.